The van der Waals surface area contributed by atoms with E-state index in [4.69, 9.17) is 4.74 Å². The monoisotopic (exact) mass is 288 g/mol. The van der Waals surface area contributed by atoms with Gasteiger partial charge in [0, 0.05) is 25.4 Å². The average molecular weight is 288 g/mol. The second kappa shape index (κ2) is 8.00. The molecule has 1 fully saturated rings. The summed E-state index contributed by atoms with van der Waals surface area (Å²) in [4.78, 5) is 13.7. The first-order chi connectivity index (χ1) is 8.92. The summed E-state index contributed by atoms with van der Waals surface area (Å²) < 4.78 is 5.39. The summed E-state index contributed by atoms with van der Waals surface area (Å²) in [6, 6.07) is 0. The minimum Gasteiger partial charge on any atom is -0.444 e. The number of nitrogens with zero attached hydrogens (tertiary/aromatic N) is 1. The predicted molar refractivity (Wildman–Crippen MR) is 81.8 cm³/mol. The molecule has 0 saturated carbocycles. The molecule has 1 saturated heterocycles. The third-order valence-corrected chi connectivity index (χ3v) is 3.79. The number of likely N-dealkylation sites (tertiary alicyclic amines) is 1. The lowest BCUT2D eigenvalue weighted by atomic mass is 9.97. The van der Waals surface area contributed by atoms with Crippen LogP contribution in [0.4, 0.5) is 4.79 Å². The molecule has 1 aliphatic heterocycles. The van der Waals surface area contributed by atoms with E-state index in [9.17, 15) is 4.79 Å². The second-order valence-electron chi connectivity index (χ2n) is 6.11. The van der Waals surface area contributed by atoms with Crippen molar-refractivity contribution in [3.05, 3.63) is 0 Å². The zero-order valence-electron chi connectivity index (χ0n) is 12.7. The maximum absolute atomic E-state index is 11.9. The fourth-order valence-corrected chi connectivity index (χ4v) is 2.48. The molecule has 0 bridgehead atoms. The highest BCUT2D eigenvalue weighted by atomic mass is 32.2. The summed E-state index contributed by atoms with van der Waals surface area (Å²) in [5.74, 6) is 1.86. The molecule has 1 N–H and O–H groups in total. The summed E-state index contributed by atoms with van der Waals surface area (Å²) in [7, 11) is 0. The minimum absolute atomic E-state index is 0.165. The Morgan fingerprint density at radius 2 is 2.00 bits per heavy atom. The maximum Gasteiger partial charge on any atom is 0.410 e. The number of hydrogen-bond acceptors (Lipinski definition) is 4. The molecule has 0 aromatic rings. The van der Waals surface area contributed by atoms with Crippen LogP contribution in [0.25, 0.3) is 0 Å². The zero-order valence-corrected chi connectivity index (χ0v) is 13.5. The van der Waals surface area contributed by atoms with Crippen LogP contribution in [0.5, 0.6) is 0 Å². The van der Waals surface area contributed by atoms with Crippen molar-refractivity contribution >= 4 is 17.9 Å². The van der Waals surface area contributed by atoms with Crippen LogP contribution in [0, 0.1) is 5.92 Å². The van der Waals surface area contributed by atoms with Gasteiger partial charge in [0.25, 0.3) is 0 Å². The first kappa shape index (κ1) is 16.6. The molecule has 5 heteroatoms. The van der Waals surface area contributed by atoms with Gasteiger partial charge in [-0.2, -0.15) is 11.8 Å². The van der Waals surface area contributed by atoms with Crippen molar-refractivity contribution in [3.8, 4) is 0 Å². The lowest BCUT2D eigenvalue weighted by Gasteiger charge is -2.33. The highest BCUT2D eigenvalue weighted by Gasteiger charge is 2.26. The molecule has 1 amide bonds. The van der Waals surface area contributed by atoms with Gasteiger partial charge in [-0.05, 0) is 52.3 Å². The fourth-order valence-electron chi connectivity index (χ4n) is 2.13. The molecule has 19 heavy (non-hydrogen) atoms. The van der Waals surface area contributed by atoms with Crippen LogP contribution in [0.15, 0.2) is 0 Å². The average Bonchev–Trinajstić information content (AvgIpc) is 2.33. The normalized spacial score (nSPS) is 17.6. The molecule has 0 aromatic heterocycles. The van der Waals surface area contributed by atoms with Gasteiger partial charge in [-0.1, -0.05) is 0 Å². The Labute approximate surface area is 121 Å². The molecule has 1 heterocycles. The van der Waals surface area contributed by atoms with Crippen molar-refractivity contribution in [1.82, 2.24) is 10.2 Å². The minimum atomic E-state index is -0.396. The van der Waals surface area contributed by atoms with Crippen molar-refractivity contribution in [2.24, 2.45) is 5.92 Å². The Morgan fingerprint density at radius 3 is 2.53 bits per heavy atom. The molecule has 1 rings (SSSR count). The van der Waals surface area contributed by atoms with Crippen LogP contribution in [0.1, 0.15) is 33.6 Å². The molecule has 0 radical (unpaired) electrons. The number of rotatable bonds is 5. The van der Waals surface area contributed by atoms with E-state index in [1.807, 2.05) is 37.4 Å². The van der Waals surface area contributed by atoms with E-state index in [1.165, 1.54) is 0 Å². The van der Waals surface area contributed by atoms with Gasteiger partial charge in [-0.3, -0.25) is 0 Å². The Hall–Kier alpha value is -0.420. The van der Waals surface area contributed by atoms with E-state index >= 15 is 0 Å². The predicted octanol–water partition coefficient (Wildman–Crippen LogP) is 2.59. The van der Waals surface area contributed by atoms with Gasteiger partial charge < -0.3 is 15.0 Å². The van der Waals surface area contributed by atoms with E-state index in [0.717, 1.165) is 44.8 Å². The summed E-state index contributed by atoms with van der Waals surface area (Å²) in [6.07, 6.45) is 4.11. The van der Waals surface area contributed by atoms with Crippen LogP contribution >= 0.6 is 11.8 Å². The first-order valence-electron chi connectivity index (χ1n) is 7.10. The first-order valence-corrected chi connectivity index (χ1v) is 8.49. The largest absolute Gasteiger partial charge is 0.444 e. The molecular formula is C14H28N2O2S. The maximum atomic E-state index is 11.9. The second-order valence-corrected chi connectivity index (χ2v) is 7.09. The molecule has 0 unspecified atom stereocenters. The van der Waals surface area contributed by atoms with Crippen molar-refractivity contribution in [3.63, 3.8) is 0 Å². The van der Waals surface area contributed by atoms with Crippen molar-refractivity contribution in [2.45, 2.75) is 39.2 Å². The quantitative estimate of drug-likeness (QED) is 0.790. The van der Waals surface area contributed by atoms with Crippen LogP contribution < -0.4 is 5.32 Å². The van der Waals surface area contributed by atoms with Gasteiger partial charge in [0.1, 0.15) is 5.60 Å². The van der Waals surface area contributed by atoms with E-state index in [0.29, 0.717) is 5.92 Å². The molecule has 0 spiro atoms. The third-order valence-electron chi connectivity index (χ3n) is 3.18. The lowest BCUT2D eigenvalue weighted by Crippen LogP contribution is -2.43. The van der Waals surface area contributed by atoms with Gasteiger partial charge in [0.05, 0.1) is 0 Å². The van der Waals surface area contributed by atoms with Gasteiger partial charge in [0.15, 0.2) is 0 Å². The Bertz CT molecular complexity index is 271. The van der Waals surface area contributed by atoms with Crippen LogP contribution in [0.2, 0.25) is 0 Å². The molecule has 112 valence electrons. The summed E-state index contributed by atoms with van der Waals surface area (Å²) in [6.45, 7) is 9.53. The standard InChI is InChI=1S/C14H28N2O2S/c1-14(2,3)18-13(17)16-8-5-12(6-9-16)11-15-7-10-19-4/h12,15H,5-11H2,1-4H3. The summed E-state index contributed by atoms with van der Waals surface area (Å²) in [5, 5.41) is 3.48. The zero-order chi connectivity index (χ0) is 14.3. The van der Waals surface area contributed by atoms with Crippen LogP contribution in [-0.2, 0) is 4.74 Å². The fraction of sp³-hybridized carbons (Fsp3) is 0.929. The molecule has 0 atom stereocenters. The molecule has 1 aliphatic rings. The number of thioether (sulfide) groups is 1. The number of nitrogens with one attached hydrogen (secondary N) is 1. The van der Waals surface area contributed by atoms with Gasteiger partial charge in [-0.15, -0.1) is 0 Å². The Morgan fingerprint density at radius 1 is 1.37 bits per heavy atom. The van der Waals surface area contributed by atoms with Gasteiger partial charge in [0.2, 0.25) is 0 Å². The van der Waals surface area contributed by atoms with Crippen molar-refractivity contribution < 1.29 is 9.53 Å². The molecule has 0 aromatic carbocycles. The molecule has 0 aliphatic carbocycles. The molecule has 4 nitrogen and oxygen atoms in total. The SMILES string of the molecule is CSCCNCC1CCN(C(=O)OC(C)(C)C)CC1. The third kappa shape index (κ3) is 7.06. The number of carbonyl (C=O) groups is 1. The van der Waals surface area contributed by atoms with Crippen molar-refractivity contribution in [1.29, 1.82) is 0 Å². The Kier molecular flexibility index (Phi) is 7.00. The molecular weight excluding hydrogens is 260 g/mol. The smallest absolute Gasteiger partial charge is 0.410 e. The van der Waals surface area contributed by atoms with Crippen LogP contribution in [0.3, 0.4) is 0 Å². The van der Waals surface area contributed by atoms with E-state index in [2.05, 4.69) is 11.6 Å². The topological polar surface area (TPSA) is 41.6 Å². The highest BCUT2D eigenvalue weighted by molar-refractivity contribution is 7.98. The van der Waals surface area contributed by atoms with E-state index in [-0.39, 0.29) is 6.09 Å². The number of carbonyl (C=O) groups excluding carboxylic acids is 1. The van der Waals surface area contributed by atoms with Crippen molar-refractivity contribution in [2.75, 3.05) is 38.2 Å². The van der Waals surface area contributed by atoms with E-state index < -0.39 is 5.60 Å². The Balaban J connectivity index is 2.19. The lowest BCUT2D eigenvalue weighted by molar-refractivity contribution is 0.0184. The van der Waals surface area contributed by atoms with Gasteiger partial charge in [-0.25, -0.2) is 4.79 Å². The van der Waals surface area contributed by atoms with Crippen LogP contribution in [-0.4, -0.2) is 54.8 Å². The summed E-state index contributed by atoms with van der Waals surface area (Å²) >= 11 is 1.87. The summed E-state index contributed by atoms with van der Waals surface area (Å²) in [5.41, 5.74) is -0.396. The van der Waals surface area contributed by atoms with E-state index in [1.54, 1.807) is 0 Å². The number of amides is 1. The van der Waals surface area contributed by atoms with Gasteiger partial charge >= 0.3 is 6.09 Å². The number of ether oxygens (including phenoxy) is 1. The number of hydrogen-bond donors (Lipinski definition) is 1. The number of piperidine rings is 1. The highest BCUT2D eigenvalue weighted by Crippen LogP contribution is 2.19.